The van der Waals surface area contributed by atoms with Gasteiger partial charge in [-0.15, -0.1) is 0 Å². The highest BCUT2D eigenvalue weighted by molar-refractivity contribution is 6.76. The number of anilines is 1. The highest BCUT2D eigenvalue weighted by atomic mass is 28.3. The van der Waals surface area contributed by atoms with Crippen LogP contribution >= 0.6 is 0 Å². The number of nitrogens with one attached hydrogen (secondary N) is 1. The van der Waals surface area contributed by atoms with Crippen molar-refractivity contribution in [3.05, 3.63) is 80.6 Å². The van der Waals surface area contributed by atoms with Crippen LogP contribution < -0.4 is 16.4 Å². The molecule has 10 nitrogen and oxygen atoms in total. The van der Waals surface area contributed by atoms with Crippen molar-refractivity contribution in [1.29, 1.82) is 0 Å². The van der Waals surface area contributed by atoms with Crippen LogP contribution in [0.1, 0.15) is 24.0 Å². The van der Waals surface area contributed by atoms with E-state index in [1.54, 1.807) is 0 Å². The molecule has 0 unspecified atom stereocenters. The summed E-state index contributed by atoms with van der Waals surface area (Å²) in [6.45, 7) is 5.56. The van der Waals surface area contributed by atoms with E-state index < -0.39 is 73.6 Å². The van der Waals surface area contributed by atoms with E-state index in [9.17, 15) is 45.4 Å². The Morgan fingerprint density at radius 2 is 1.69 bits per heavy atom. The Labute approximate surface area is 270 Å². The normalized spacial score (nSPS) is 13.2. The average molecular weight is 703 g/mol. The van der Waals surface area contributed by atoms with Gasteiger partial charge < -0.3 is 19.7 Å². The van der Waals surface area contributed by atoms with Crippen molar-refractivity contribution in [1.82, 2.24) is 24.3 Å². The van der Waals surface area contributed by atoms with Crippen LogP contribution in [-0.4, -0.2) is 56.8 Å². The molecule has 0 saturated heterocycles. The molecule has 18 heteroatoms. The minimum Gasteiger partial charge on any atom is -0.394 e. The van der Waals surface area contributed by atoms with Crippen LogP contribution in [0.5, 0.6) is 0 Å². The van der Waals surface area contributed by atoms with Crippen LogP contribution in [-0.2, 0) is 30.4 Å². The number of halogens is 7. The Hall–Kier alpha value is -4.16. The van der Waals surface area contributed by atoms with Gasteiger partial charge in [0.15, 0.2) is 5.82 Å². The molecule has 0 aliphatic heterocycles. The van der Waals surface area contributed by atoms with E-state index in [1.807, 2.05) is 0 Å². The molecule has 0 fully saturated rings. The number of aryl methyl sites for hydroxylation is 1. The van der Waals surface area contributed by atoms with Crippen LogP contribution in [0.25, 0.3) is 22.2 Å². The first kappa shape index (κ1) is 36.7. The number of benzene rings is 1. The Kier molecular flexibility index (Phi) is 11.1. The Morgan fingerprint density at radius 3 is 2.29 bits per heavy atom. The highest BCUT2D eigenvalue weighted by Crippen LogP contribution is 2.33. The maximum atomic E-state index is 15.0. The lowest BCUT2D eigenvalue weighted by Crippen LogP contribution is -2.35. The van der Waals surface area contributed by atoms with E-state index in [0.717, 1.165) is 18.3 Å². The molecular weight excluding hydrogens is 669 g/mol. The minimum atomic E-state index is -5.03. The van der Waals surface area contributed by atoms with Gasteiger partial charge in [0.1, 0.15) is 18.1 Å². The molecule has 0 radical (unpaired) electrons. The van der Waals surface area contributed by atoms with E-state index in [2.05, 4.69) is 40.0 Å². The number of fused-ring (bicyclic) bond motifs is 1. The SMILES string of the molecule is C[Si](C)(C)CCOCn1ncc(N[C@H](CO)CCCn2ccc3cc(-c4ncc(C(F)(F)F)cn4)c(F)cc3c2=O)c(C(F)(F)F)c1=O. The molecule has 0 aliphatic carbocycles. The van der Waals surface area contributed by atoms with Crippen molar-refractivity contribution in [2.24, 2.45) is 0 Å². The predicted octanol–water partition coefficient (Wildman–Crippen LogP) is 5.76. The number of pyridine rings is 1. The maximum Gasteiger partial charge on any atom is 0.423 e. The van der Waals surface area contributed by atoms with Gasteiger partial charge in [-0.05, 0) is 42.5 Å². The molecule has 0 aliphatic rings. The maximum absolute atomic E-state index is 15.0. The van der Waals surface area contributed by atoms with Gasteiger partial charge in [-0.1, -0.05) is 19.6 Å². The summed E-state index contributed by atoms with van der Waals surface area (Å²) < 4.78 is 103. The topological polar surface area (TPSA) is 124 Å². The number of hydrogen-bond donors (Lipinski definition) is 2. The quantitative estimate of drug-likeness (QED) is 0.103. The van der Waals surface area contributed by atoms with Crippen molar-refractivity contribution >= 4 is 24.5 Å². The third-order valence-corrected chi connectivity index (χ3v) is 9.06. The van der Waals surface area contributed by atoms with Gasteiger partial charge in [0.2, 0.25) is 0 Å². The largest absolute Gasteiger partial charge is 0.423 e. The van der Waals surface area contributed by atoms with Crippen molar-refractivity contribution in [3.8, 4) is 11.4 Å². The van der Waals surface area contributed by atoms with Gasteiger partial charge in [-0.3, -0.25) is 9.59 Å². The number of aliphatic hydroxyl groups is 1. The third-order valence-electron chi connectivity index (χ3n) is 7.35. The summed E-state index contributed by atoms with van der Waals surface area (Å²) in [6, 6.07) is 3.45. The first-order chi connectivity index (χ1) is 22.4. The van der Waals surface area contributed by atoms with Crippen molar-refractivity contribution in [2.75, 3.05) is 18.5 Å². The Balaban J connectivity index is 1.45. The second-order valence-corrected chi connectivity index (χ2v) is 17.9. The van der Waals surface area contributed by atoms with Crippen LogP contribution in [0.15, 0.2) is 52.6 Å². The van der Waals surface area contributed by atoms with Crippen LogP contribution in [0, 0.1) is 5.82 Å². The molecule has 1 atom stereocenters. The first-order valence-electron chi connectivity index (χ1n) is 14.7. The molecule has 0 saturated carbocycles. The van der Waals surface area contributed by atoms with E-state index in [-0.39, 0.29) is 48.2 Å². The van der Waals surface area contributed by atoms with Crippen molar-refractivity contribution in [2.45, 2.75) is 70.2 Å². The lowest BCUT2D eigenvalue weighted by molar-refractivity contribution is -0.139. The lowest BCUT2D eigenvalue weighted by Gasteiger charge is -2.21. The molecule has 4 aromatic rings. The number of hydrogen-bond acceptors (Lipinski definition) is 8. The molecule has 1 aromatic carbocycles. The van der Waals surface area contributed by atoms with Crippen LogP contribution in [0.3, 0.4) is 0 Å². The Morgan fingerprint density at radius 1 is 1.00 bits per heavy atom. The summed E-state index contributed by atoms with van der Waals surface area (Å²) in [7, 11) is -1.46. The van der Waals surface area contributed by atoms with E-state index in [0.29, 0.717) is 17.1 Å². The summed E-state index contributed by atoms with van der Waals surface area (Å²) in [5, 5.41) is 16.5. The molecule has 260 valence electrons. The first-order valence-corrected chi connectivity index (χ1v) is 18.4. The van der Waals surface area contributed by atoms with Gasteiger partial charge in [0.05, 0.1) is 35.0 Å². The number of alkyl halides is 6. The summed E-state index contributed by atoms with van der Waals surface area (Å²) in [6.07, 6.45) is -6.15. The summed E-state index contributed by atoms with van der Waals surface area (Å²) >= 11 is 0. The molecule has 3 aromatic heterocycles. The predicted molar refractivity (Wildman–Crippen MR) is 166 cm³/mol. The number of aromatic nitrogens is 5. The zero-order valence-electron chi connectivity index (χ0n) is 26.1. The second kappa shape index (κ2) is 14.5. The molecule has 3 heterocycles. The smallest absolute Gasteiger partial charge is 0.394 e. The average Bonchev–Trinajstić information content (AvgIpc) is 2.99. The fourth-order valence-corrected chi connectivity index (χ4v) is 5.45. The molecule has 0 amide bonds. The zero-order chi connectivity index (χ0) is 35.4. The van der Waals surface area contributed by atoms with Gasteiger partial charge in [-0.25, -0.2) is 19.0 Å². The minimum absolute atomic E-state index is 0.0339. The zero-order valence-corrected chi connectivity index (χ0v) is 27.1. The van der Waals surface area contributed by atoms with Gasteiger partial charge in [0.25, 0.3) is 11.1 Å². The third kappa shape index (κ3) is 9.04. The van der Waals surface area contributed by atoms with Gasteiger partial charge in [0, 0.05) is 45.9 Å². The fourth-order valence-electron chi connectivity index (χ4n) is 4.70. The monoisotopic (exact) mass is 702 g/mol. The molecule has 48 heavy (non-hydrogen) atoms. The number of aliphatic hydroxyl groups excluding tert-OH is 1. The molecule has 0 spiro atoms. The number of rotatable bonds is 13. The highest BCUT2D eigenvalue weighted by Gasteiger charge is 2.39. The van der Waals surface area contributed by atoms with Crippen molar-refractivity contribution < 1.29 is 40.6 Å². The van der Waals surface area contributed by atoms with E-state index in [4.69, 9.17) is 4.74 Å². The molecule has 4 rings (SSSR count). The van der Waals surface area contributed by atoms with Gasteiger partial charge in [-0.2, -0.15) is 31.4 Å². The number of ether oxygens (including phenoxy) is 1. The van der Waals surface area contributed by atoms with Crippen molar-refractivity contribution in [3.63, 3.8) is 0 Å². The second-order valence-electron chi connectivity index (χ2n) is 12.3. The standard InChI is InChI=1S/C30H33F7N6O4Si/c1-48(2,3)10-9-47-17-43-28(46)25(30(35,36)37)24(15-40-43)41-20(16-44)5-4-7-42-8-6-18-11-22(23(31)12-21(18)27(42)45)26-38-13-19(14-39-26)29(32,33)34/h6,8,11-15,20,41,44H,4-5,7,9-10,16-17H2,1-3H3/t20-/m0/s1. The van der Waals surface area contributed by atoms with Gasteiger partial charge >= 0.3 is 12.4 Å². The molecule has 0 bridgehead atoms. The number of nitrogens with zero attached hydrogens (tertiary/aromatic N) is 5. The molecular formula is C30H33F7N6O4Si. The molecule has 2 N–H and O–H groups in total. The summed E-state index contributed by atoms with van der Waals surface area (Å²) in [5.41, 5.74) is -5.42. The fraction of sp³-hybridized carbons (Fsp3) is 0.433. The lowest BCUT2D eigenvalue weighted by atomic mass is 10.1. The van der Waals surface area contributed by atoms with E-state index >= 15 is 0 Å². The summed E-state index contributed by atoms with van der Waals surface area (Å²) in [4.78, 5) is 33.0. The van der Waals surface area contributed by atoms with E-state index in [1.165, 1.54) is 22.9 Å². The summed E-state index contributed by atoms with van der Waals surface area (Å²) in [5.74, 6) is -1.24. The van der Waals surface area contributed by atoms with Crippen LogP contribution in [0.4, 0.5) is 36.4 Å². The Bertz CT molecular complexity index is 1860. The van der Waals surface area contributed by atoms with Crippen LogP contribution in [0.2, 0.25) is 25.7 Å².